The van der Waals surface area contributed by atoms with Gasteiger partial charge in [0.1, 0.15) is 0 Å². The van der Waals surface area contributed by atoms with Crippen LogP contribution < -0.4 is 0 Å². The third kappa shape index (κ3) is 2.43. The Hall–Kier alpha value is -0.340. The molecule has 0 bridgehead atoms. The molecule has 15 heavy (non-hydrogen) atoms. The summed E-state index contributed by atoms with van der Waals surface area (Å²) in [5.74, 6) is 0. The number of aliphatic hydroxyl groups is 2. The molecule has 0 spiro atoms. The molecule has 2 N–H and O–H groups in total. The van der Waals surface area contributed by atoms with Crippen molar-refractivity contribution in [3.05, 3.63) is 12.2 Å². The monoisotopic (exact) mass is 212 g/mol. The Bertz CT molecular complexity index is 243. The van der Waals surface area contributed by atoms with Crippen molar-refractivity contribution in [2.45, 2.75) is 64.6 Å². The zero-order chi connectivity index (χ0) is 11.7. The van der Waals surface area contributed by atoms with Crippen LogP contribution in [0.5, 0.6) is 0 Å². The first-order valence-electron chi connectivity index (χ1n) is 5.88. The second-order valence-electron chi connectivity index (χ2n) is 5.59. The Morgan fingerprint density at radius 2 is 2.07 bits per heavy atom. The van der Waals surface area contributed by atoms with Gasteiger partial charge in [0.25, 0.3) is 0 Å². The lowest BCUT2D eigenvalue weighted by molar-refractivity contribution is -0.0678. The first kappa shape index (κ1) is 12.7. The van der Waals surface area contributed by atoms with Gasteiger partial charge >= 0.3 is 0 Å². The van der Waals surface area contributed by atoms with Gasteiger partial charge in [-0.25, -0.2) is 0 Å². The molecule has 1 fully saturated rings. The van der Waals surface area contributed by atoms with E-state index in [0.717, 1.165) is 24.8 Å². The molecule has 2 atom stereocenters. The van der Waals surface area contributed by atoms with Crippen molar-refractivity contribution in [3.8, 4) is 0 Å². The molecule has 0 aliphatic heterocycles. The maximum absolute atomic E-state index is 10.7. The highest BCUT2D eigenvalue weighted by Crippen LogP contribution is 2.48. The van der Waals surface area contributed by atoms with E-state index in [1.807, 2.05) is 0 Å². The van der Waals surface area contributed by atoms with Crippen molar-refractivity contribution in [3.63, 3.8) is 0 Å². The average molecular weight is 212 g/mol. The van der Waals surface area contributed by atoms with Crippen LogP contribution in [0.4, 0.5) is 0 Å². The molecule has 88 valence electrons. The predicted octanol–water partition coefficient (Wildman–Crippen LogP) is 2.64. The van der Waals surface area contributed by atoms with Crippen LogP contribution in [-0.4, -0.2) is 21.9 Å². The Balaban J connectivity index is 2.79. The second-order valence-corrected chi connectivity index (χ2v) is 5.59. The molecule has 1 aliphatic carbocycles. The fourth-order valence-corrected chi connectivity index (χ4v) is 2.57. The maximum Gasteiger partial charge on any atom is 0.0905 e. The molecule has 0 amide bonds. The molecule has 2 nitrogen and oxygen atoms in total. The highest BCUT2D eigenvalue weighted by atomic mass is 16.3. The Morgan fingerprint density at radius 3 is 2.53 bits per heavy atom. The Labute approximate surface area is 93.0 Å². The molecule has 1 saturated carbocycles. The normalized spacial score (nSPS) is 32.7. The fraction of sp³-hybridized carbons (Fsp3) is 0.846. The largest absolute Gasteiger partial charge is 0.393 e. The average Bonchev–Trinajstić information content (AvgIpc) is 2.11. The van der Waals surface area contributed by atoms with E-state index in [1.165, 1.54) is 0 Å². The van der Waals surface area contributed by atoms with Gasteiger partial charge in [0.15, 0.2) is 0 Å². The van der Waals surface area contributed by atoms with Gasteiger partial charge in [-0.2, -0.15) is 0 Å². The minimum absolute atomic E-state index is 0.114. The van der Waals surface area contributed by atoms with E-state index in [2.05, 4.69) is 20.4 Å². The van der Waals surface area contributed by atoms with E-state index in [-0.39, 0.29) is 11.5 Å². The maximum atomic E-state index is 10.7. The molecule has 0 heterocycles. The van der Waals surface area contributed by atoms with Gasteiger partial charge in [0, 0.05) is 0 Å². The van der Waals surface area contributed by atoms with Crippen molar-refractivity contribution in [1.29, 1.82) is 0 Å². The molecule has 2 unspecified atom stereocenters. The molecular formula is C13H24O2. The summed E-state index contributed by atoms with van der Waals surface area (Å²) in [5.41, 5.74) is 0.0406. The smallest absolute Gasteiger partial charge is 0.0905 e. The van der Waals surface area contributed by atoms with Crippen molar-refractivity contribution in [2.75, 3.05) is 0 Å². The van der Waals surface area contributed by atoms with Gasteiger partial charge in [-0.3, -0.25) is 0 Å². The minimum Gasteiger partial charge on any atom is -0.393 e. The summed E-state index contributed by atoms with van der Waals surface area (Å²) in [7, 11) is 0. The van der Waals surface area contributed by atoms with Crippen LogP contribution in [0.3, 0.4) is 0 Å². The summed E-state index contributed by atoms with van der Waals surface area (Å²) in [4.78, 5) is 0. The van der Waals surface area contributed by atoms with Crippen molar-refractivity contribution < 1.29 is 10.2 Å². The van der Waals surface area contributed by atoms with E-state index in [1.54, 1.807) is 6.92 Å². The summed E-state index contributed by atoms with van der Waals surface area (Å²) in [5, 5.41) is 20.0. The molecule has 0 aromatic heterocycles. The van der Waals surface area contributed by atoms with Gasteiger partial charge in [-0.05, 0) is 50.0 Å². The molecule has 0 aromatic rings. The van der Waals surface area contributed by atoms with Crippen LogP contribution >= 0.6 is 0 Å². The van der Waals surface area contributed by atoms with Crippen LogP contribution in [-0.2, 0) is 0 Å². The number of aliphatic hydroxyl groups excluding tert-OH is 1. The highest BCUT2D eigenvalue weighted by molar-refractivity contribution is 5.20. The van der Waals surface area contributed by atoms with E-state index < -0.39 is 5.60 Å². The van der Waals surface area contributed by atoms with Gasteiger partial charge in [0.2, 0.25) is 0 Å². The standard InChI is InChI=1S/C13H24O2/c1-10-6-5-8-12(3,4)13(10,15)9-7-11(2)14/h11,14-15H,1,5-9H2,2-4H3. The summed E-state index contributed by atoms with van der Waals surface area (Å²) in [6, 6.07) is 0. The molecule has 1 rings (SSSR count). The summed E-state index contributed by atoms with van der Waals surface area (Å²) >= 11 is 0. The lowest BCUT2D eigenvalue weighted by Gasteiger charge is -2.48. The van der Waals surface area contributed by atoms with Gasteiger partial charge < -0.3 is 10.2 Å². The fourth-order valence-electron chi connectivity index (χ4n) is 2.57. The third-order valence-corrected chi connectivity index (χ3v) is 3.91. The van der Waals surface area contributed by atoms with Crippen LogP contribution in [0.15, 0.2) is 12.2 Å². The lowest BCUT2D eigenvalue weighted by atomic mass is 9.61. The number of rotatable bonds is 3. The Morgan fingerprint density at radius 1 is 1.47 bits per heavy atom. The van der Waals surface area contributed by atoms with Gasteiger partial charge in [-0.15, -0.1) is 0 Å². The predicted molar refractivity (Wildman–Crippen MR) is 62.6 cm³/mol. The van der Waals surface area contributed by atoms with Crippen LogP contribution in [0.25, 0.3) is 0 Å². The van der Waals surface area contributed by atoms with Crippen LogP contribution in [0.2, 0.25) is 0 Å². The minimum atomic E-state index is -0.789. The summed E-state index contributed by atoms with van der Waals surface area (Å²) < 4.78 is 0. The zero-order valence-electron chi connectivity index (χ0n) is 10.2. The molecule has 0 aromatic carbocycles. The number of hydrogen-bond donors (Lipinski definition) is 2. The van der Waals surface area contributed by atoms with Crippen molar-refractivity contribution >= 4 is 0 Å². The quantitative estimate of drug-likeness (QED) is 0.706. The molecule has 2 heteroatoms. The molecule has 0 saturated heterocycles. The highest BCUT2D eigenvalue weighted by Gasteiger charge is 2.46. The van der Waals surface area contributed by atoms with Crippen molar-refractivity contribution in [2.24, 2.45) is 5.41 Å². The van der Waals surface area contributed by atoms with Crippen molar-refractivity contribution in [1.82, 2.24) is 0 Å². The second kappa shape index (κ2) is 4.26. The topological polar surface area (TPSA) is 40.5 Å². The molecule has 0 radical (unpaired) electrons. The lowest BCUT2D eigenvalue weighted by Crippen LogP contribution is -2.49. The number of hydrogen-bond acceptors (Lipinski definition) is 2. The van der Waals surface area contributed by atoms with E-state index in [4.69, 9.17) is 0 Å². The summed E-state index contributed by atoms with van der Waals surface area (Å²) in [6.07, 6.45) is 3.97. The van der Waals surface area contributed by atoms with Gasteiger partial charge in [-0.1, -0.05) is 20.4 Å². The Kier molecular flexibility index (Phi) is 3.62. The third-order valence-electron chi connectivity index (χ3n) is 3.91. The SMILES string of the molecule is C=C1CCCC(C)(C)C1(O)CCC(C)O. The zero-order valence-corrected chi connectivity index (χ0v) is 10.2. The summed E-state index contributed by atoms with van der Waals surface area (Å²) in [6.45, 7) is 9.97. The van der Waals surface area contributed by atoms with E-state index >= 15 is 0 Å². The first-order chi connectivity index (χ1) is 6.79. The molecule has 1 aliphatic rings. The van der Waals surface area contributed by atoms with Crippen LogP contribution in [0.1, 0.15) is 52.9 Å². The van der Waals surface area contributed by atoms with Gasteiger partial charge in [0.05, 0.1) is 11.7 Å². The van der Waals surface area contributed by atoms with E-state index in [0.29, 0.717) is 12.8 Å². The van der Waals surface area contributed by atoms with E-state index in [9.17, 15) is 10.2 Å². The molecular weight excluding hydrogens is 188 g/mol. The first-order valence-corrected chi connectivity index (χ1v) is 5.88. The van der Waals surface area contributed by atoms with Crippen LogP contribution in [0, 0.1) is 5.41 Å².